The van der Waals surface area contributed by atoms with Gasteiger partial charge in [-0.1, -0.05) is 29.8 Å². The summed E-state index contributed by atoms with van der Waals surface area (Å²) in [6.07, 6.45) is 0. The molecule has 0 radical (unpaired) electrons. The largest absolute Gasteiger partial charge is 0.206 e. The van der Waals surface area contributed by atoms with Gasteiger partial charge in [0.15, 0.2) is 5.17 Å². The third kappa shape index (κ3) is 2.97. The summed E-state index contributed by atoms with van der Waals surface area (Å²) in [4.78, 5) is 0. The SMILES string of the molecule is C=C(Cl)/C(Cl)=N\S. The molecule has 1 nitrogen and oxygen atoms in total. The zero-order valence-electron chi connectivity index (χ0n) is 3.36. The molecule has 0 fully saturated rings. The first kappa shape index (κ1) is 7.34. The Balaban J connectivity index is 3.82. The third-order valence-corrected chi connectivity index (χ3v) is 1.22. The van der Waals surface area contributed by atoms with Crippen molar-refractivity contribution in [2.75, 3.05) is 0 Å². The van der Waals surface area contributed by atoms with Crippen molar-refractivity contribution < 1.29 is 0 Å². The summed E-state index contributed by atoms with van der Waals surface area (Å²) in [5, 5.41) is 0.335. The molecule has 0 rings (SSSR count). The van der Waals surface area contributed by atoms with E-state index in [4.69, 9.17) is 23.2 Å². The molecule has 0 amide bonds. The molecule has 0 aromatic rings. The minimum absolute atomic E-state index is 0.130. The molecule has 0 unspecified atom stereocenters. The van der Waals surface area contributed by atoms with Crippen LogP contribution < -0.4 is 0 Å². The van der Waals surface area contributed by atoms with Crippen molar-refractivity contribution in [3.05, 3.63) is 11.6 Å². The normalized spacial score (nSPS) is 11.6. The van der Waals surface area contributed by atoms with Crippen LogP contribution in [0.15, 0.2) is 16.0 Å². The van der Waals surface area contributed by atoms with E-state index in [0.29, 0.717) is 0 Å². The molecule has 0 saturated carbocycles. The minimum Gasteiger partial charge on any atom is -0.206 e. The molecule has 0 aliphatic carbocycles. The molecule has 4 heteroatoms. The summed E-state index contributed by atoms with van der Waals surface area (Å²) < 4.78 is 3.23. The Morgan fingerprint density at radius 2 is 2.00 bits per heavy atom. The fourth-order valence-electron chi connectivity index (χ4n) is 0.0543. The predicted octanol–water partition coefficient (Wildman–Crippen LogP) is 2.22. The van der Waals surface area contributed by atoms with Gasteiger partial charge in [-0.15, -0.1) is 0 Å². The summed E-state index contributed by atoms with van der Waals surface area (Å²) in [7, 11) is 0. The summed E-state index contributed by atoms with van der Waals surface area (Å²) in [6.45, 7) is 3.28. The molecule has 40 valence electrons. The molecule has 0 spiro atoms. The second-order valence-electron chi connectivity index (χ2n) is 0.796. The summed E-state index contributed by atoms with van der Waals surface area (Å²) in [6, 6.07) is 0. The van der Waals surface area contributed by atoms with Gasteiger partial charge < -0.3 is 0 Å². The van der Waals surface area contributed by atoms with Crippen LogP contribution in [-0.2, 0) is 0 Å². The van der Waals surface area contributed by atoms with Crippen molar-refractivity contribution in [1.82, 2.24) is 0 Å². The maximum atomic E-state index is 5.24. The Hall–Kier alpha value is 0.340. The number of halogens is 2. The van der Waals surface area contributed by atoms with E-state index < -0.39 is 0 Å². The van der Waals surface area contributed by atoms with E-state index in [1.807, 2.05) is 0 Å². The second-order valence-corrected chi connectivity index (χ2v) is 1.81. The summed E-state index contributed by atoms with van der Waals surface area (Å²) in [5.41, 5.74) is 0. The lowest BCUT2D eigenvalue weighted by Gasteiger charge is -1.83. The molecule has 0 N–H and O–H groups in total. The lowest BCUT2D eigenvalue weighted by Crippen LogP contribution is -1.78. The minimum atomic E-state index is 0.130. The van der Waals surface area contributed by atoms with Crippen molar-refractivity contribution in [2.45, 2.75) is 0 Å². The fourth-order valence-corrected chi connectivity index (χ4v) is 0.276. The smallest absolute Gasteiger partial charge is 0.154 e. The highest BCUT2D eigenvalue weighted by molar-refractivity contribution is 7.79. The second kappa shape index (κ2) is 3.36. The first-order valence-corrected chi connectivity index (χ1v) is 2.56. The molecular formula is C3H3Cl2NS. The van der Waals surface area contributed by atoms with Gasteiger partial charge in [-0.25, -0.2) is 4.40 Å². The number of thiol groups is 1. The van der Waals surface area contributed by atoms with Gasteiger partial charge >= 0.3 is 0 Å². The Morgan fingerprint density at radius 3 is 2.00 bits per heavy atom. The Bertz CT molecular complexity index is 110. The van der Waals surface area contributed by atoms with Gasteiger partial charge in [0.2, 0.25) is 0 Å². The highest BCUT2D eigenvalue weighted by Gasteiger charge is 1.91. The van der Waals surface area contributed by atoms with Gasteiger partial charge in [0.05, 0.1) is 5.03 Å². The summed E-state index contributed by atoms with van der Waals surface area (Å²) in [5.74, 6) is 0. The maximum Gasteiger partial charge on any atom is 0.154 e. The number of hydrogen-bond acceptors (Lipinski definition) is 2. The van der Waals surface area contributed by atoms with E-state index in [-0.39, 0.29) is 10.2 Å². The first-order chi connectivity index (χ1) is 3.18. The van der Waals surface area contributed by atoms with Crippen LogP contribution in [-0.4, -0.2) is 5.17 Å². The molecule has 0 aromatic heterocycles. The number of allylic oxidation sites excluding steroid dienone is 1. The monoisotopic (exact) mass is 155 g/mol. The van der Waals surface area contributed by atoms with Crippen LogP contribution in [0.2, 0.25) is 0 Å². The lowest BCUT2D eigenvalue weighted by molar-refractivity contribution is 1.97. The Labute approximate surface area is 57.6 Å². The van der Waals surface area contributed by atoms with Crippen molar-refractivity contribution in [3.8, 4) is 0 Å². The van der Waals surface area contributed by atoms with Crippen LogP contribution >= 0.6 is 36.0 Å². The van der Waals surface area contributed by atoms with Gasteiger partial charge in [0, 0.05) is 0 Å². The van der Waals surface area contributed by atoms with E-state index in [2.05, 4.69) is 23.8 Å². The van der Waals surface area contributed by atoms with Crippen LogP contribution in [0, 0.1) is 0 Å². The van der Waals surface area contributed by atoms with Crippen LogP contribution in [0.5, 0.6) is 0 Å². The van der Waals surface area contributed by atoms with E-state index in [9.17, 15) is 0 Å². The average molecular weight is 156 g/mol. The maximum absolute atomic E-state index is 5.24. The van der Waals surface area contributed by atoms with E-state index in [0.717, 1.165) is 0 Å². The Kier molecular flexibility index (Phi) is 3.52. The highest BCUT2D eigenvalue weighted by atomic mass is 35.5. The van der Waals surface area contributed by atoms with E-state index in [1.165, 1.54) is 0 Å². The molecule has 0 aliphatic rings. The van der Waals surface area contributed by atoms with Gasteiger partial charge in [-0.05, 0) is 12.8 Å². The molecule has 0 heterocycles. The topological polar surface area (TPSA) is 12.4 Å². The van der Waals surface area contributed by atoms with Crippen LogP contribution in [0.4, 0.5) is 0 Å². The van der Waals surface area contributed by atoms with Crippen molar-refractivity contribution in [2.24, 2.45) is 4.40 Å². The Morgan fingerprint density at radius 1 is 1.57 bits per heavy atom. The summed E-state index contributed by atoms with van der Waals surface area (Å²) >= 11 is 13.9. The number of hydrogen-bond donors (Lipinski definition) is 1. The standard InChI is InChI=1S/C3H3Cl2NS/c1-2(4)3(5)6-7/h7H,1H2/b6-3+. The van der Waals surface area contributed by atoms with Crippen molar-refractivity contribution in [1.29, 1.82) is 0 Å². The number of rotatable bonds is 1. The predicted molar refractivity (Wildman–Crippen MR) is 37.3 cm³/mol. The first-order valence-electron chi connectivity index (χ1n) is 1.41. The average Bonchev–Trinajstić information content (AvgIpc) is 1.65. The van der Waals surface area contributed by atoms with Crippen LogP contribution in [0.25, 0.3) is 0 Å². The van der Waals surface area contributed by atoms with Crippen molar-refractivity contribution in [3.63, 3.8) is 0 Å². The van der Waals surface area contributed by atoms with Crippen LogP contribution in [0.1, 0.15) is 0 Å². The number of nitrogens with zero attached hydrogens (tertiary/aromatic N) is 1. The van der Waals surface area contributed by atoms with Crippen molar-refractivity contribution >= 4 is 41.2 Å². The zero-order chi connectivity index (χ0) is 5.86. The van der Waals surface area contributed by atoms with Gasteiger partial charge in [-0.2, -0.15) is 0 Å². The zero-order valence-corrected chi connectivity index (χ0v) is 5.76. The lowest BCUT2D eigenvalue weighted by atomic mass is 10.7. The van der Waals surface area contributed by atoms with Crippen LogP contribution in [0.3, 0.4) is 0 Å². The van der Waals surface area contributed by atoms with E-state index in [1.54, 1.807) is 0 Å². The molecular weight excluding hydrogens is 153 g/mol. The molecule has 0 aromatic carbocycles. The highest BCUT2D eigenvalue weighted by Crippen LogP contribution is 2.04. The van der Waals surface area contributed by atoms with Gasteiger partial charge in [0.1, 0.15) is 0 Å². The molecule has 0 saturated heterocycles. The molecule has 7 heavy (non-hydrogen) atoms. The van der Waals surface area contributed by atoms with Gasteiger partial charge in [-0.3, -0.25) is 0 Å². The molecule has 0 aliphatic heterocycles. The third-order valence-electron chi connectivity index (χ3n) is 0.312. The van der Waals surface area contributed by atoms with Gasteiger partial charge in [0.25, 0.3) is 0 Å². The quantitative estimate of drug-likeness (QED) is 0.441. The molecule has 0 bridgehead atoms. The van der Waals surface area contributed by atoms with E-state index >= 15 is 0 Å². The molecule has 0 atom stereocenters. The fraction of sp³-hybridized carbons (Fsp3) is 0.